The Balaban J connectivity index is 0.000000198. The lowest BCUT2D eigenvalue weighted by Crippen LogP contribution is -2.09. The molecule has 10 aromatic rings. The van der Waals surface area contributed by atoms with E-state index in [0.29, 0.717) is 64.2 Å². The molecule has 0 saturated carbocycles. The first-order valence-corrected chi connectivity index (χ1v) is 31.6. The molecule has 0 aliphatic rings. The van der Waals surface area contributed by atoms with E-state index in [9.17, 15) is 34.8 Å². The number of carbonyl (C=O) groups is 3. The number of methoxy groups -OCH3 is 3. The molecule has 0 aromatic heterocycles. The van der Waals surface area contributed by atoms with E-state index >= 15 is 0 Å². The summed E-state index contributed by atoms with van der Waals surface area (Å²) in [5, 5.41) is 40.7. The molecule has 0 unspecified atom stereocenters. The highest BCUT2D eigenvalue weighted by Crippen LogP contribution is 2.40. The first kappa shape index (κ1) is 72.8. The van der Waals surface area contributed by atoms with Crippen LogP contribution in [0.15, 0.2) is 229 Å². The van der Waals surface area contributed by atoms with Crippen LogP contribution in [0.4, 0.5) is 0 Å². The third-order valence-corrected chi connectivity index (χ3v) is 16.9. The molecule has 93 heavy (non-hydrogen) atoms. The Morgan fingerprint density at radius 2 is 0.849 bits per heavy atom. The fraction of sp³-hybridized carbons (Fsp3) is 0.167. The zero-order chi connectivity index (χ0) is 67.2. The highest BCUT2D eigenvalue weighted by molar-refractivity contribution is 9.10. The van der Waals surface area contributed by atoms with Crippen LogP contribution in [0.2, 0.25) is 15.1 Å². The van der Waals surface area contributed by atoms with Crippen molar-refractivity contribution in [3.05, 3.63) is 328 Å². The standard InChI is InChI=1S/2C23H21ClO4.C16H14BrClO3.C8H10.C8H8/c1-28-23(27)21-18(22(24)20(26)14-19(21)25)12-11-16-9-5-6-10-17(16)13-15-7-3-2-4-8-15;1-28-23(27)21-18(22(24)20(26)14-19(21)25)11-10-16-8-5-9-17(13-16)12-15-6-3-2-4-7-15;1-10-8-12(21-9-11-6-4-3-5-7-11)13(16(19)20-2)14(17)15(10)18;2*1-2-8-6-4-3-5-7-8/h2-10,14,25-26H,11-13H2,1H3;2-9,13-14,25-26H,10-12H2,1H3;3-8H,9H2,1-2H3;3-7H,2H2,1H3;2-7H,1H2. The lowest BCUT2D eigenvalue weighted by Gasteiger charge is -2.15. The number of phenols is 4. The van der Waals surface area contributed by atoms with Gasteiger partial charge < -0.3 is 39.4 Å². The topological polar surface area (TPSA) is 169 Å². The van der Waals surface area contributed by atoms with Crippen LogP contribution in [0.1, 0.15) is 105 Å². The SMILES string of the molecule is C=Cc1ccccc1.CCc1ccccc1.COC(=O)c1c(O)cc(O)c(Cl)c1CCc1cccc(Cc2ccccc2)c1.COC(=O)c1c(O)cc(O)c(Cl)c1CCc1ccccc1Cc1ccccc1.COC(=O)c1c(OCc2ccccc2)cc(C)c(Cl)c1Br. The van der Waals surface area contributed by atoms with E-state index in [-0.39, 0.29) is 44.2 Å². The van der Waals surface area contributed by atoms with E-state index in [1.54, 1.807) is 6.07 Å². The molecule has 0 heterocycles. The van der Waals surface area contributed by atoms with Crippen molar-refractivity contribution in [2.24, 2.45) is 0 Å². The smallest absolute Gasteiger partial charge is 0.342 e. The van der Waals surface area contributed by atoms with E-state index in [4.69, 9.17) is 53.8 Å². The molecular formula is C78H74BrCl3O11. The maximum Gasteiger partial charge on any atom is 0.342 e. The van der Waals surface area contributed by atoms with Gasteiger partial charge in [0.2, 0.25) is 0 Å². The second-order valence-corrected chi connectivity index (χ2v) is 22.9. The predicted octanol–water partition coefficient (Wildman–Crippen LogP) is 19.2. The van der Waals surface area contributed by atoms with Crippen LogP contribution in [-0.4, -0.2) is 59.7 Å². The highest BCUT2D eigenvalue weighted by Gasteiger charge is 2.25. The lowest BCUT2D eigenvalue weighted by molar-refractivity contribution is 0.0585. The van der Waals surface area contributed by atoms with Crippen molar-refractivity contribution in [2.45, 2.75) is 65.4 Å². The normalized spacial score (nSPS) is 10.2. The summed E-state index contributed by atoms with van der Waals surface area (Å²) < 4.78 is 20.6. The van der Waals surface area contributed by atoms with E-state index in [0.717, 1.165) is 53.6 Å². The van der Waals surface area contributed by atoms with Crippen LogP contribution in [0.3, 0.4) is 0 Å². The van der Waals surface area contributed by atoms with Gasteiger partial charge in [-0.05, 0) is 141 Å². The number of esters is 3. The number of aryl methyl sites for hydroxylation is 4. The van der Waals surface area contributed by atoms with Crippen molar-refractivity contribution >= 4 is 74.7 Å². The summed E-state index contributed by atoms with van der Waals surface area (Å²) in [4.78, 5) is 36.1. The summed E-state index contributed by atoms with van der Waals surface area (Å²) >= 11 is 21.9. The number of aromatic hydroxyl groups is 4. The minimum Gasteiger partial charge on any atom is -0.507 e. The van der Waals surface area contributed by atoms with Crippen LogP contribution in [-0.2, 0) is 65.8 Å². The van der Waals surface area contributed by atoms with Crippen LogP contribution in [0, 0.1) is 6.92 Å². The molecule has 0 amide bonds. The lowest BCUT2D eigenvalue weighted by atomic mass is 9.93. The van der Waals surface area contributed by atoms with Gasteiger partial charge >= 0.3 is 17.9 Å². The van der Waals surface area contributed by atoms with Crippen LogP contribution in [0.5, 0.6) is 28.7 Å². The minimum atomic E-state index is -0.688. The summed E-state index contributed by atoms with van der Waals surface area (Å²) in [5.74, 6) is -2.65. The molecule has 480 valence electrons. The Bertz CT molecular complexity index is 4040. The van der Waals surface area contributed by atoms with Crippen molar-refractivity contribution in [1.29, 1.82) is 0 Å². The number of rotatable bonds is 18. The molecule has 0 spiro atoms. The first-order valence-electron chi connectivity index (χ1n) is 29.7. The minimum absolute atomic E-state index is 0.00848. The Kier molecular flexibility index (Phi) is 29.6. The van der Waals surface area contributed by atoms with E-state index in [2.05, 4.69) is 96.2 Å². The number of ether oxygens (including phenoxy) is 4. The fourth-order valence-corrected chi connectivity index (χ4v) is 11.0. The van der Waals surface area contributed by atoms with Crippen molar-refractivity contribution in [1.82, 2.24) is 0 Å². The van der Waals surface area contributed by atoms with Gasteiger partial charge in [0, 0.05) is 12.1 Å². The molecule has 0 aliphatic heterocycles. The summed E-state index contributed by atoms with van der Waals surface area (Å²) in [5.41, 5.74) is 12.4. The van der Waals surface area contributed by atoms with Gasteiger partial charge in [0.15, 0.2) is 0 Å². The summed E-state index contributed by atoms with van der Waals surface area (Å²) in [6.45, 7) is 8.00. The van der Waals surface area contributed by atoms with Gasteiger partial charge in [-0.15, -0.1) is 0 Å². The zero-order valence-corrected chi connectivity index (χ0v) is 56.2. The van der Waals surface area contributed by atoms with Gasteiger partial charge in [0.05, 0.1) is 40.9 Å². The monoisotopic (exact) mass is 1370 g/mol. The highest BCUT2D eigenvalue weighted by atomic mass is 79.9. The molecule has 10 rings (SSSR count). The molecule has 15 heteroatoms. The largest absolute Gasteiger partial charge is 0.507 e. The van der Waals surface area contributed by atoms with Gasteiger partial charge in [-0.1, -0.05) is 255 Å². The maximum atomic E-state index is 12.1. The number of hydrogen-bond acceptors (Lipinski definition) is 11. The molecule has 0 fully saturated rings. The summed E-state index contributed by atoms with van der Waals surface area (Å²) in [6, 6.07) is 70.7. The molecule has 0 aliphatic carbocycles. The quantitative estimate of drug-likeness (QED) is 0.0476. The van der Waals surface area contributed by atoms with Gasteiger partial charge in [-0.25, -0.2) is 14.4 Å². The maximum absolute atomic E-state index is 12.1. The number of hydrogen-bond donors (Lipinski definition) is 4. The molecule has 4 N–H and O–H groups in total. The second-order valence-electron chi connectivity index (χ2n) is 21.0. The molecule has 0 bridgehead atoms. The van der Waals surface area contributed by atoms with Gasteiger partial charge in [0.25, 0.3) is 0 Å². The van der Waals surface area contributed by atoms with Crippen molar-refractivity contribution in [2.75, 3.05) is 21.3 Å². The average Bonchev–Trinajstić information content (AvgIpc) is 1.18. The molecule has 11 nitrogen and oxygen atoms in total. The Hall–Kier alpha value is -9.30. The average molecular weight is 1370 g/mol. The zero-order valence-electron chi connectivity index (χ0n) is 52.4. The molecular weight excluding hydrogens is 1300 g/mol. The van der Waals surface area contributed by atoms with E-state index in [1.165, 1.54) is 54.7 Å². The summed E-state index contributed by atoms with van der Waals surface area (Å²) in [7, 11) is 3.80. The number of phenolic OH excluding ortho intramolecular Hbond substituents is 4. The third kappa shape index (κ3) is 21.9. The van der Waals surface area contributed by atoms with Gasteiger partial charge in [-0.2, -0.15) is 0 Å². The van der Waals surface area contributed by atoms with Crippen molar-refractivity contribution in [3.63, 3.8) is 0 Å². The van der Waals surface area contributed by atoms with Crippen LogP contribution < -0.4 is 4.74 Å². The van der Waals surface area contributed by atoms with Crippen molar-refractivity contribution in [3.8, 4) is 28.7 Å². The Morgan fingerprint density at radius 1 is 0.441 bits per heavy atom. The number of carbonyl (C=O) groups excluding carboxylic acids is 3. The fourth-order valence-electron chi connectivity index (χ4n) is 9.71. The molecule has 0 atom stereocenters. The van der Waals surface area contributed by atoms with Crippen molar-refractivity contribution < 1.29 is 53.8 Å². The summed E-state index contributed by atoms with van der Waals surface area (Å²) in [6.07, 6.45) is 6.53. The molecule has 10 aromatic carbocycles. The Morgan fingerprint density at radius 3 is 1.31 bits per heavy atom. The Labute approximate surface area is 568 Å². The first-order chi connectivity index (χ1) is 44.9. The van der Waals surface area contributed by atoms with E-state index in [1.807, 2.05) is 146 Å². The number of benzene rings is 10. The van der Waals surface area contributed by atoms with Crippen LogP contribution >= 0.6 is 50.7 Å². The number of halogens is 4. The predicted molar refractivity (Wildman–Crippen MR) is 377 cm³/mol. The molecule has 0 saturated heterocycles. The molecule has 0 radical (unpaired) electrons. The van der Waals surface area contributed by atoms with E-state index < -0.39 is 17.9 Å². The van der Waals surface area contributed by atoms with Crippen LogP contribution in [0.25, 0.3) is 6.08 Å². The third-order valence-electron chi connectivity index (χ3n) is 14.6. The van der Waals surface area contributed by atoms with Gasteiger partial charge in [-0.3, -0.25) is 0 Å². The van der Waals surface area contributed by atoms with Gasteiger partial charge in [0.1, 0.15) is 52.0 Å². The second kappa shape index (κ2) is 37.9.